The second kappa shape index (κ2) is 10.8. The van der Waals surface area contributed by atoms with Gasteiger partial charge in [0.25, 0.3) is 0 Å². The molecule has 0 aromatic heterocycles. The van der Waals surface area contributed by atoms with Gasteiger partial charge in [0.15, 0.2) is 0 Å². The second-order valence-corrected chi connectivity index (χ2v) is 12.0. The molecule has 3 aromatic carbocycles. The van der Waals surface area contributed by atoms with Crippen LogP contribution in [0.1, 0.15) is 36.3 Å². The minimum atomic E-state index is 0.338. The molecule has 2 heterocycles. The number of fused-ring (bicyclic) bond motifs is 2. The van der Waals surface area contributed by atoms with E-state index < -0.39 is 0 Å². The molecule has 3 aromatic rings. The summed E-state index contributed by atoms with van der Waals surface area (Å²) in [7, 11) is 2.19. The van der Waals surface area contributed by atoms with Crippen LogP contribution >= 0.6 is 23.7 Å². The van der Waals surface area contributed by atoms with Crippen molar-refractivity contribution in [2.24, 2.45) is 0 Å². The number of rotatable bonds is 8. The number of nitrogens with zero attached hydrogens (tertiary/aromatic N) is 2. The van der Waals surface area contributed by atoms with Crippen molar-refractivity contribution < 1.29 is 5.11 Å². The fourth-order valence-electron chi connectivity index (χ4n) is 5.40. The van der Waals surface area contributed by atoms with Gasteiger partial charge in [-0.25, -0.2) is 4.31 Å². The number of likely N-dealkylation sites (N-methyl/N-ethyl adjacent to an activating group) is 1. The van der Waals surface area contributed by atoms with E-state index in [1.54, 1.807) is 17.5 Å². The third-order valence-corrected chi connectivity index (χ3v) is 9.72. The Balaban J connectivity index is 1.20. The monoisotopic (exact) mass is 490 g/mol. The van der Waals surface area contributed by atoms with Crippen molar-refractivity contribution in [1.29, 1.82) is 0 Å². The summed E-state index contributed by atoms with van der Waals surface area (Å²) >= 11 is 3.86. The Kier molecular flexibility index (Phi) is 7.55. The van der Waals surface area contributed by atoms with Gasteiger partial charge in [0.2, 0.25) is 0 Å². The number of aromatic hydroxyl groups is 1. The lowest BCUT2D eigenvalue weighted by molar-refractivity contribution is 0.166. The Labute approximate surface area is 212 Å². The molecule has 0 saturated carbocycles. The highest BCUT2D eigenvalue weighted by Gasteiger charge is 2.41. The molecule has 0 amide bonds. The maximum absolute atomic E-state index is 9.80. The number of benzene rings is 3. The highest BCUT2D eigenvalue weighted by Crippen LogP contribution is 2.49. The Hall–Kier alpha value is -1.92. The van der Waals surface area contributed by atoms with Crippen molar-refractivity contribution in [3.63, 3.8) is 0 Å². The average molecular weight is 491 g/mol. The molecule has 2 aliphatic heterocycles. The average Bonchev–Trinajstić information content (AvgIpc) is 3.22. The van der Waals surface area contributed by atoms with E-state index >= 15 is 0 Å². The van der Waals surface area contributed by atoms with E-state index in [1.807, 2.05) is 12.1 Å². The molecule has 5 heteroatoms. The summed E-state index contributed by atoms with van der Waals surface area (Å²) in [6, 6.07) is 27.5. The van der Waals surface area contributed by atoms with Gasteiger partial charge in [-0.3, -0.25) is 0 Å². The van der Waals surface area contributed by atoms with E-state index in [0.29, 0.717) is 17.1 Å². The van der Waals surface area contributed by atoms with Crippen LogP contribution in [0.25, 0.3) is 0 Å². The molecule has 0 radical (unpaired) electrons. The van der Waals surface area contributed by atoms with Crippen molar-refractivity contribution in [2.45, 2.75) is 40.4 Å². The minimum Gasteiger partial charge on any atom is -0.508 e. The Morgan fingerprint density at radius 1 is 0.971 bits per heavy atom. The van der Waals surface area contributed by atoms with Crippen molar-refractivity contribution in [1.82, 2.24) is 9.21 Å². The van der Waals surface area contributed by atoms with Crippen molar-refractivity contribution in [3.05, 3.63) is 90.0 Å². The van der Waals surface area contributed by atoms with Crippen LogP contribution in [0.2, 0.25) is 0 Å². The molecule has 0 aliphatic carbocycles. The zero-order valence-electron chi connectivity index (χ0n) is 19.9. The molecule has 34 heavy (non-hydrogen) atoms. The fourth-order valence-corrected chi connectivity index (χ4v) is 7.78. The molecule has 2 aliphatic rings. The zero-order chi connectivity index (χ0) is 23.4. The normalized spacial score (nSPS) is 18.3. The molecule has 1 atom stereocenters. The first-order chi connectivity index (χ1) is 16.6. The summed E-state index contributed by atoms with van der Waals surface area (Å²) in [5, 5.41) is 9.80. The van der Waals surface area contributed by atoms with Crippen molar-refractivity contribution in [2.75, 3.05) is 39.0 Å². The van der Waals surface area contributed by atoms with Crippen molar-refractivity contribution in [3.8, 4) is 5.75 Å². The van der Waals surface area contributed by atoms with Gasteiger partial charge in [-0.15, -0.1) is 11.8 Å². The lowest BCUT2D eigenvalue weighted by Gasteiger charge is -2.40. The van der Waals surface area contributed by atoms with Gasteiger partial charge in [0, 0.05) is 27.5 Å². The van der Waals surface area contributed by atoms with Gasteiger partial charge >= 0.3 is 0 Å². The van der Waals surface area contributed by atoms with Crippen LogP contribution in [0.3, 0.4) is 0 Å². The maximum Gasteiger partial charge on any atom is 0.115 e. The summed E-state index contributed by atoms with van der Waals surface area (Å²) in [5.74, 6) is 2.02. The van der Waals surface area contributed by atoms with Crippen LogP contribution in [-0.4, -0.2) is 53.3 Å². The summed E-state index contributed by atoms with van der Waals surface area (Å²) in [4.78, 5) is 5.45. The second-order valence-electron chi connectivity index (χ2n) is 9.70. The predicted molar refractivity (Wildman–Crippen MR) is 145 cm³/mol. The van der Waals surface area contributed by atoms with Gasteiger partial charge in [-0.2, -0.15) is 0 Å². The largest absolute Gasteiger partial charge is 0.508 e. The number of thioether (sulfide) groups is 1. The summed E-state index contributed by atoms with van der Waals surface area (Å²) in [6.07, 6.45) is 3.66. The molecular weight excluding hydrogens is 456 g/mol. The highest BCUT2D eigenvalue weighted by atomic mass is 32.2. The van der Waals surface area contributed by atoms with E-state index in [1.165, 1.54) is 47.0 Å². The lowest BCUT2D eigenvalue weighted by Crippen LogP contribution is -2.43. The molecule has 1 spiro atoms. The number of phenolic OH excluding ortho intramolecular Hbond substituents is 1. The van der Waals surface area contributed by atoms with Gasteiger partial charge in [-0.1, -0.05) is 48.5 Å². The Morgan fingerprint density at radius 3 is 2.44 bits per heavy atom. The van der Waals surface area contributed by atoms with Crippen LogP contribution < -0.4 is 0 Å². The number of likely N-dealkylation sites (tertiary alicyclic amines) is 1. The van der Waals surface area contributed by atoms with E-state index in [0.717, 1.165) is 19.5 Å². The number of piperidine rings is 1. The van der Waals surface area contributed by atoms with E-state index in [2.05, 4.69) is 94.7 Å². The molecule has 0 bridgehead atoms. The van der Waals surface area contributed by atoms with Crippen molar-refractivity contribution >= 4 is 23.7 Å². The zero-order valence-corrected chi connectivity index (χ0v) is 21.5. The molecule has 1 fully saturated rings. The molecule has 1 saturated heterocycles. The van der Waals surface area contributed by atoms with Gasteiger partial charge in [0.05, 0.1) is 0 Å². The molecule has 1 N–H and O–H groups in total. The van der Waals surface area contributed by atoms with Crippen LogP contribution in [0.4, 0.5) is 0 Å². The topological polar surface area (TPSA) is 26.7 Å². The molecular formula is C29H34N2OS2. The first-order valence-electron chi connectivity index (χ1n) is 12.3. The maximum atomic E-state index is 9.80. The predicted octanol–water partition coefficient (Wildman–Crippen LogP) is 6.64. The van der Waals surface area contributed by atoms with Gasteiger partial charge in [-0.05, 0) is 105 Å². The standard InChI is InChI=1S/C29H34N2OS2/c1-30(34-26-7-3-2-4-8-26)21-24(23-11-13-25(32)14-12-23)15-18-31-19-16-29(17-20-31)22-33-28-10-6-5-9-27(28)29/h2-14,24,32H,15-22H2,1H3. The van der Waals surface area contributed by atoms with Gasteiger partial charge in [0.1, 0.15) is 5.75 Å². The Bertz CT molecular complexity index is 1070. The number of hydrogen-bond acceptors (Lipinski definition) is 5. The lowest BCUT2D eigenvalue weighted by atomic mass is 9.74. The summed E-state index contributed by atoms with van der Waals surface area (Å²) in [6.45, 7) is 4.48. The van der Waals surface area contributed by atoms with E-state index in [4.69, 9.17) is 0 Å². The fraction of sp³-hybridized carbons (Fsp3) is 0.379. The first-order valence-corrected chi connectivity index (χ1v) is 14.0. The molecule has 1 unspecified atom stereocenters. The SMILES string of the molecule is CN(CC(CCN1CCC2(CC1)CSc1ccccc12)c1ccc(O)cc1)Sc1ccccc1. The molecule has 5 rings (SSSR count). The third kappa shape index (κ3) is 5.49. The van der Waals surface area contributed by atoms with Crippen LogP contribution in [0.15, 0.2) is 88.7 Å². The molecule has 178 valence electrons. The first kappa shape index (κ1) is 23.8. The summed E-state index contributed by atoms with van der Waals surface area (Å²) < 4.78 is 2.35. The van der Waals surface area contributed by atoms with Gasteiger partial charge < -0.3 is 10.0 Å². The quantitative estimate of drug-likeness (QED) is 0.357. The van der Waals surface area contributed by atoms with Crippen LogP contribution in [-0.2, 0) is 5.41 Å². The summed E-state index contributed by atoms with van der Waals surface area (Å²) in [5.41, 5.74) is 3.30. The van der Waals surface area contributed by atoms with Crippen LogP contribution in [0.5, 0.6) is 5.75 Å². The molecule has 3 nitrogen and oxygen atoms in total. The Morgan fingerprint density at radius 2 is 1.68 bits per heavy atom. The van der Waals surface area contributed by atoms with E-state index in [9.17, 15) is 5.11 Å². The van der Waals surface area contributed by atoms with E-state index in [-0.39, 0.29) is 0 Å². The highest BCUT2D eigenvalue weighted by molar-refractivity contribution is 7.99. The smallest absolute Gasteiger partial charge is 0.115 e. The third-order valence-electron chi connectivity index (χ3n) is 7.42. The minimum absolute atomic E-state index is 0.338. The number of phenols is 1. The number of hydrogen-bond donors (Lipinski definition) is 1. The van der Waals surface area contributed by atoms with Crippen LogP contribution in [0, 0.1) is 0 Å².